The van der Waals surface area contributed by atoms with Crippen molar-refractivity contribution in [1.29, 1.82) is 0 Å². The second-order valence-corrected chi connectivity index (χ2v) is 6.95. The lowest BCUT2D eigenvalue weighted by atomic mass is 9.96. The third-order valence-electron chi connectivity index (χ3n) is 4.92. The summed E-state index contributed by atoms with van der Waals surface area (Å²) in [6.07, 6.45) is 6.26. The number of rotatable bonds is 4. The molecule has 2 heterocycles. The van der Waals surface area contributed by atoms with Gasteiger partial charge in [0.15, 0.2) is 0 Å². The van der Waals surface area contributed by atoms with Crippen LogP contribution in [0.2, 0.25) is 0 Å². The first-order valence-electron chi connectivity index (χ1n) is 9.05. The van der Waals surface area contributed by atoms with Crippen molar-refractivity contribution in [1.82, 2.24) is 4.40 Å². The van der Waals surface area contributed by atoms with Gasteiger partial charge in [0.2, 0.25) is 0 Å². The number of benzene rings is 2. The Balaban J connectivity index is 2.23. The van der Waals surface area contributed by atoms with E-state index in [4.69, 9.17) is 0 Å². The highest BCUT2D eigenvalue weighted by Gasteiger charge is 2.21. The molecule has 0 aliphatic carbocycles. The molecule has 0 aliphatic rings. The maximum absolute atomic E-state index is 13.5. The van der Waals surface area contributed by atoms with Gasteiger partial charge >= 0.3 is 0 Å². The van der Waals surface area contributed by atoms with Crippen LogP contribution in [0.5, 0.6) is 0 Å². The summed E-state index contributed by atoms with van der Waals surface area (Å²) in [6, 6.07) is 16.9. The lowest BCUT2D eigenvalue weighted by Crippen LogP contribution is -1.96. The summed E-state index contributed by atoms with van der Waals surface area (Å²) in [5, 5.41) is 2.28. The third-order valence-corrected chi connectivity index (χ3v) is 4.92. The number of carbonyl (C=O) groups is 1. The van der Waals surface area contributed by atoms with E-state index in [-0.39, 0.29) is 11.7 Å². The predicted molar refractivity (Wildman–Crippen MR) is 109 cm³/mol. The number of hydrogen-bond acceptors (Lipinski definition) is 1. The molecule has 0 spiro atoms. The van der Waals surface area contributed by atoms with Crippen molar-refractivity contribution in [3.05, 3.63) is 83.9 Å². The van der Waals surface area contributed by atoms with Crippen molar-refractivity contribution >= 4 is 28.7 Å². The molecular formula is C24H20FNO. The first-order valence-corrected chi connectivity index (χ1v) is 9.05. The Morgan fingerprint density at radius 1 is 1.00 bits per heavy atom. The van der Waals surface area contributed by atoms with Gasteiger partial charge < -0.3 is 4.40 Å². The van der Waals surface area contributed by atoms with E-state index in [1.807, 2.05) is 18.2 Å². The van der Waals surface area contributed by atoms with Crippen LogP contribution in [0.25, 0.3) is 33.5 Å². The highest BCUT2D eigenvalue weighted by molar-refractivity contribution is 6.06. The molecule has 0 bridgehead atoms. The Bertz CT molecular complexity index is 1170. The molecule has 0 fully saturated rings. The zero-order valence-corrected chi connectivity index (χ0v) is 15.3. The Morgan fingerprint density at radius 2 is 1.74 bits per heavy atom. The van der Waals surface area contributed by atoms with Crippen molar-refractivity contribution in [3.63, 3.8) is 0 Å². The van der Waals surface area contributed by atoms with Gasteiger partial charge in [-0.05, 0) is 47.2 Å². The summed E-state index contributed by atoms with van der Waals surface area (Å²) in [7, 11) is 0. The summed E-state index contributed by atoms with van der Waals surface area (Å²) in [5.74, 6) is -0.0136. The number of fused-ring (bicyclic) bond motifs is 3. The van der Waals surface area contributed by atoms with Gasteiger partial charge in [0.25, 0.3) is 0 Å². The van der Waals surface area contributed by atoms with Gasteiger partial charge in [-0.1, -0.05) is 50.2 Å². The van der Waals surface area contributed by atoms with E-state index in [9.17, 15) is 9.18 Å². The van der Waals surface area contributed by atoms with Crippen LogP contribution in [0, 0.1) is 5.82 Å². The van der Waals surface area contributed by atoms with E-state index >= 15 is 0 Å². The van der Waals surface area contributed by atoms with Crippen LogP contribution in [0.3, 0.4) is 0 Å². The van der Waals surface area contributed by atoms with Gasteiger partial charge in [0.1, 0.15) is 12.1 Å². The Hall–Kier alpha value is -3.20. The molecule has 2 aromatic carbocycles. The average molecular weight is 357 g/mol. The molecule has 0 amide bonds. The lowest BCUT2D eigenvalue weighted by molar-refractivity contribution is -0.104. The second-order valence-electron chi connectivity index (χ2n) is 6.95. The van der Waals surface area contributed by atoms with Crippen molar-refractivity contribution in [3.8, 4) is 11.1 Å². The number of nitrogens with zero attached hydrogens (tertiary/aromatic N) is 1. The van der Waals surface area contributed by atoms with E-state index < -0.39 is 0 Å². The molecule has 0 saturated carbocycles. The van der Waals surface area contributed by atoms with E-state index in [1.54, 1.807) is 12.1 Å². The van der Waals surface area contributed by atoms with Crippen LogP contribution in [-0.4, -0.2) is 10.7 Å². The van der Waals surface area contributed by atoms with Gasteiger partial charge in [-0.15, -0.1) is 0 Å². The molecule has 0 N–H and O–H groups in total. The monoisotopic (exact) mass is 357 g/mol. The predicted octanol–water partition coefficient (Wildman–Crippen LogP) is 6.23. The molecule has 0 atom stereocenters. The molecule has 0 saturated heterocycles. The third kappa shape index (κ3) is 2.85. The first kappa shape index (κ1) is 17.2. The van der Waals surface area contributed by atoms with Crippen LogP contribution in [-0.2, 0) is 4.79 Å². The molecule has 2 nitrogen and oxygen atoms in total. The largest absolute Gasteiger partial charge is 0.319 e. The van der Waals surface area contributed by atoms with Crippen molar-refractivity contribution in [2.45, 2.75) is 19.8 Å². The van der Waals surface area contributed by atoms with Gasteiger partial charge in [0.05, 0.1) is 5.52 Å². The normalized spacial score (nSPS) is 11.9. The minimum atomic E-state index is -0.263. The molecule has 0 radical (unpaired) electrons. The topological polar surface area (TPSA) is 21.5 Å². The molecule has 0 aliphatic heterocycles. The van der Waals surface area contributed by atoms with Gasteiger partial charge in [-0.2, -0.15) is 0 Å². The maximum atomic E-state index is 13.5. The molecule has 134 valence electrons. The molecule has 2 aromatic heterocycles. The van der Waals surface area contributed by atoms with Crippen LogP contribution in [0.1, 0.15) is 31.0 Å². The zero-order chi connectivity index (χ0) is 19.0. The van der Waals surface area contributed by atoms with Gasteiger partial charge in [0, 0.05) is 28.4 Å². The average Bonchev–Trinajstić information content (AvgIpc) is 3.01. The number of aromatic nitrogens is 1. The SMILES string of the molecule is CC(C)c1c(C=CC=O)c(-c2ccc(F)cc2)c2c3ccccc3ccn12. The molecule has 0 unspecified atom stereocenters. The summed E-state index contributed by atoms with van der Waals surface area (Å²) < 4.78 is 15.7. The Morgan fingerprint density at radius 3 is 2.44 bits per heavy atom. The van der Waals surface area contributed by atoms with E-state index in [2.05, 4.69) is 42.6 Å². The second kappa shape index (κ2) is 6.84. The van der Waals surface area contributed by atoms with Crippen LogP contribution in [0.15, 0.2) is 66.9 Å². The minimum absolute atomic E-state index is 0.249. The highest BCUT2D eigenvalue weighted by atomic mass is 19.1. The smallest absolute Gasteiger partial charge is 0.142 e. The van der Waals surface area contributed by atoms with Crippen molar-refractivity contribution < 1.29 is 9.18 Å². The van der Waals surface area contributed by atoms with Crippen molar-refractivity contribution in [2.24, 2.45) is 0 Å². The van der Waals surface area contributed by atoms with Gasteiger partial charge in [-0.3, -0.25) is 4.79 Å². The van der Waals surface area contributed by atoms with Crippen LogP contribution >= 0.6 is 0 Å². The number of carbonyl (C=O) groups excluding carboxylic acids is 1. The highest BCUT2D eigenvalue weighted by Crippen LogP contribution is 2.40. The first-order chi connectivity index (χ1) is 13.1. The molecular weight excluding hydrogens is 337 g/mol. The summed E-state index contributed by atoms with van der Waals surface area (Å²) in [5.41, 5.74) is 5.17. The summed E-state index contributed by atoms with van der Waals surface area (Å²) >= 11 is 0. The molecule has 27 heavy (non-hydrogen) atoms. The fourth-order valence-electron chi connectivity index (χ4n) is 3.86. The van der Waals surface area contributed by atoms with Gasteiger partial charge in [-0.25, -0.2) is 4.39 Å². The number of allylic oxidation sites excluding steroid dienone is 1. The number of pyridine rings is 1. The minimum Gasteiger partial charge on any atom is -0.319 e. The molecule has 4 aromatic rings. The van der Waals surface area contributed by atoms with E-state index in [0.717, 1.165) is 45.0 Å². The fraction of sp³-hybridized carbons (Fsp3) is 0.125. The number of hydrogen-bond donors (Lipinski definition) is 0. The Kier molecular flexibility index (Phi) is 4.36. The van der Waals surface area contributed by atoms with Crippen LogP contribution in [0.4, 0.5) is 4.39 Å². The van der Waals surface area contributed by atoms with Crippen LogP contribution < -0.4 is 0 Å². The van der Waals surface area contributed by atoms with Crippen molar-refractivity contribution in [2.75, 3.05) is 0 Å². The number of halogens is 1. The Labute approximate surface area is 157 Å². The summed E-state index contributed by atoms with van der Waals surface area (Å²) in [6.45, 7) is 4.29. The zero-order valence-electron chi connectivity index (χ0n) is 15.3. The quantitative estimate of drug-likeness (QED) is 0.313. The summed E-state index contributed by atoms with van der Waals surface area (Å²) in [4.78, 5) is 11.0. The van der Waals surface area contributed by atoms with E-state index in [1.165, 1.54) is 18.2 Å². The maximum Gasteiger partial charge on any atom is 0.142 e. The molecule has 3 heteroatoms. The standard InChI is InChI=1S/C24H20FNO/c1-16(2)23-21(8-5-15-27)22(18-9-11-19(25)12-10-18)24-20-7-4-3-6-17(20)13-14-26(23)24/h3-16H,1-2H3. The number of aldehydes is 1. The van der Waals surface area contributed by atoms with E-state index in [0.29, 0.717) is 0 Å². The fourth-order valence-corrected chi connectivity index (χ4v) is 3.86. The molecule has 4 rings (SSSR count). The lowest BCUT2D eigenvalue weighted by Gasteiger charge is -2.09.